The van der Waals surface area contributed by atoms with Crippen LogP contribution in [0.2, 0.25) is 0 Å². The van der Waals surface area contributed by atoms with Gasteiger partial charge < -0.3 is 18.1 Å². The van der Waals surface area contributed by atoms with Crippen molar-refractivity contribution in [3.8, 4) is 5.75 Å². The average molecular weight is 742 g/mol. The van der Waals surface area contributed by atoms with Crippen LogP contribution in [0.3, 0.4) is 0 Å². The van der Waals surface area contributed by atoms with Crippen LogP contribution in [0.25, 0.3) is 0 Å². The van der Waals surface area contributed by atoms with E-state index in [1.807, 2.05) is 42.9 Å². The first-order chi connectivity index (χ1) is 20.9. The predicted octanol–water partition coefficient (Wildman–Crippen LogP) is 2.64. The minimum atomic E-state index is -2.69. The van der Waals surface area contributed by atoms with Gasteiger partial charge in [-0.25, -0.2) is 5.32 Å². The monoisotopic (exact) mass is 741 g/mol. The molecule has 5 rings (SSSR count). The van der Waals surface area contributed by atoms with E-state index in [1.165, 1.54) is 22.3 Å². The van der Waals surface area contributed by atoms with Gasteiger partial charge in [0, 0.05) is 0 Å². The quantitative estimate of drug-likeness (QED) is 0.0905. The molecule has 0 saturated carbocycles. The first-order valence-electron chi connectivity index (χ1n) is 14.9. The van der Waals surface area contributed by atoms with Crippen molar-refractivity contribution in [3.05, 3.63) is 121 Å². The normalized spacial score (nSPS) is 15.4. The van der Waals surface area contributed by atoms with E-state index in [2.05, 4.69) is 129 Å². The number of nitrogens with zero attached hydrogens (tertiary/aromatic N) is 2. The number of benzene rings is 4. The van der Waals surface area contributed by atoms with E-state index in [1.54, 1.807) is 0 Å². The van der Waals surface area contributed by atoms with Gasteiger partial charge in [0.2, 0.25) is 0 Å². The first kappa shape index (κ1) is 33.8. The van der Waals surface area contributed by atoms with Gasteiger partial charge in [0.05, 0.1) is 14.1 Å². The van der Waals surface area contributed by atoms with Crippen LogP contribution in [0.5, 0.6) is 5.75 Å². The fourth-order valence-electron chi connectivity index (χ4n) is 5.74. The molecule has 1 aliphatic heterocycles. The summed E-state index contributed by atoms with van der Waals surface area (Å²) in [5, 5.41) is 10.7. The average Bonchev–Trinajstić information content (AvgIpc) is 3.05. The van der Waals surface area contributed by atoms with Gasteiger partial charge in [0.15, 0.2) is 0 Å². The Balaban J connectivity index is 0.00000442. The van der Waals surface area contributed by atoms with Gasteiger partial charge in [-0.3, -0.25) is 9.89 Å². The molecule has 1 aliphatic rings. The summed E-state index contributed by atoms with van der Waals surface area (Å²) in [5.41, 5.74) is 7.02. The van der Waals surface area contributed by atoms with Crippen LogP contribution < -0.4 is 49.4 Å². The van der Waals surface area contributed by atoms with E-state index >= 15 is 0 Å². The number of hydrogen-bond acceptors (Lipinski definition) is 3. The molecule has 1 atom stereocenters. The number of nitrogens with one attached hydrogen (secondary N) is 2. The first-order valence-corrected chi connectivity index (χ1v) is 20.1. The smallest absolute Gasteiger partial charge is 0.251 e. The molecule has 0 aromatic heterocycles. The largest absolute Gasteiger partial charge is 1.00 e. The van der Waals surface area contributed by atoms with Gasteiger partial charge in [-0.15, -0.1) is 0 Å². The van der Waals surface area contributed by atoms with Crippen molar-refractivity contribution in [1.29, 1.82) is 0 Å². The molecule has 232 valence electrons. The van der Waals surface area contributed by atoms with Crippen LogP contribution in [-0.4, -0.2) is 43.4 Å². The molecular formula is C35H42ClIN5OP. The molecule has 9 heteroatoms. The van der Waals surface area contributed by atoms with Crippen LogP contribution in [0.15, 0.2) is 120 Å². The number of unbranched alkanes of at least 4 members (excludes halogenated alkanes) is 3. The fraction of sp³-hybridized carbons (Fsp3) is 0.257. The molecule has 0 radical (unpaired) electrons. The molecule has 0 amide bonds. The zero-order chi connectivity index (χ0) is 30.1. The molecule has 1 heterocycles. The third kappa shape index (κ3) is 7.39. The Bertz CT molecular complexity index is 1450. The molecule has 0 spiro atoms. The Morgan fingerprint density at radius 3 is 1.75 bits per heavy atom. The van der Waals surface area contributed by atoms with Gasteiger partial charge in [0.25, 0.3) is 5.96 Å². The maximum Gasteiger partial charge on any atom is -0.251 e. The molecule has 0 aliphatic carbocycles. The molecule has 0 bridgehead atoms. The predicted molar refractivity (Wildman–Crippen MR) is 192 cm³/mol. The molecule has 0 fully saturated rings. The summed E-state index contributed by atoms with van der Waals surface area (Å²) in [6, 6.07) is 41.7. The van der Waals surface area contributed by atoms with Gasteiger partial charge in [-0.2, -0.15) is 4.99 Å². The topological polar surface area (TPSA) is 74.7 Å². The standard InChI is InChI=1S/C35H41IN5OP.ClH/c1-41(2)35-39-33(38-34(37)40-35)28-22-24-29(25-23-28)42-26-14-3-4-15-27-43(36,30-16-8-5-9-17-30,31-18-10-6-11-19-31)32-20-12-7-13-21-32;/h5-13,16-25,33H,3-4,14-15,26-27H2,1-2H3,(H3,37,38,39,40);1H. The molecule has 0 saturated heterocycles. The summed E-state index contributed by atoms with van der Waals surface area (Å²) in [7, 11) is 3.91. The van der Waals surface area contributed by atoms with E-state index in [0.29, 0.717) is 12.6 Å². The number of aliphatic imine (C=N–C) groups is 1. The second-order valence-corrected chi connectivity index (χ2v) is 21.9. The second kappa shape index (κ2) is 15.2. The molecule has 1 unspecified atom stereocenters. The van der Waals surface area contributed by atoms with Crippen molar-refractivity contribution in [2.45, 2.75) is 31.8 Å². The zero-order valence-corrected chi connectivity index (χ0v) is 29.2. The van der Waals surface area contributed by atoms with Gasteiger partial charge in [-0.1, -0.05) is 0 Å². The zero-order valence-electron chi connectivity index (χ0n) is 25.4. The maximum atomic E-state index is 6.10. The van der Waals surface area contributed by atoms with Gasteiger partial charge >= 0.3 is 224 Å². The summed E-state index contributed by atoms with van der Waals surface area (Å²) in [6.07, 6.45) is 5.40. The third-order valence-corrected chi connectivity index (χ3v) is 19.8. The number of guanidine groups is 2. The summed E-state index contributed by atoms with van der Waals surface area (Å²) in [6.45, 7) is 0.707. The summed E-state index contributed by atoms with van der Waals surface area (Å²) in [5.74, 6) is 2.10. The van der Waals surface area contributed by atoms with Gasteiger partial charge in [-0.05, 0) is 0 Å². The van der Waals surface area contributed by atoms with Crippen LogP contribution in [0.4, 0.5) is 0 Å². The molecule has 4 aromatic rings. The number of hydrogen-bond donors (Lipinski definition) is 3. The van der Waals surface area contributed by atoms with Crippen molar-refractivity contribution in [1.82, 2.24) is 10.6 Å². The van der Waals surface area contributed by atoms with Crippen molar-refractivity contribution >= 4 is 54.1 Å². The Kier molecular flexibility index (Phi) is 11.7. The summed E-state index contributed by atoms with van der Waals surface area (Å²) < 4.78 is 5.36. The maximum absolute atomic E-state index is 6.10. The van der Waals surface area contributed by atoms with Crippen LogP contribution in [0, 0.1) is 0 Å². The van der Waals surface area contributed by atoms with Crippen LogP contribution >= 0.6 is 26.3 Å². The minimum Gasteiger partial charge on any atom is -1.00 e. The van der Waals surface area contributed by atoms with E-state index in [-0.39, 0.29) is 18.6 Å². The molecule has 44 heavy (non-hydrogen) atoms. The Morgan fingerprint density at radius 2 is 1.25 bits per heavy atom. The molecule has 6 nitrogen and oxygen atoms in total. The van der Waals surface area contributed by atoms with Crippen molar-refractivity contribution in [3.63, 3.8) is 0 Å². The van der Waals surface area contributed by atoms with E-state index in [4.69, 9.17) is 10.5 Å². The minimum absolute atomic E-state index is 0. The van der Waals surface area contributed by atoms with E-state index < -0.39 is 4.25 Å². The molecule has 4 aromatic carbocycles. The Morgan fingerprint density at radius 1 is 0.750 bits per heavy atom. The number of rotatable bonds is 12. The fourth-order valence-corrected chi connectivity index (χ4v) is 14.5. The number of nitrogens with two attached hydrogens (primary N) is 1. The molecule has 4 N–H and O–H groups in total. The number of halogens is 2. The Hall–Kier alpha value is -3.13. The summed E-state index contributed by atoms with van der Waals surface area (Å²) in [4.78, 5) is 4.48. The summed E-state index contributed by atoms with van der Waals surface area (Å²) >= 11 is 2.88. The van der Waals surface area contributed by atoms with Crippen molar-refractivity contribution < 1.29 is 21.7 Å². The SMILES string of the molecule is C[N+](C)=C1NC(N)=NC(c2ccc(OCCCCCCP(I)(c3ccccc3)(c3ccccc3)c3ccccc3)cc2)N1.[Cl-]. The van der Waals surface area contributed by atoms with Crippen molar-refractivity contribution in [2.24, 2.45) is 10.7 Å². The molecular weight excluding hydrogens is 700 g/mol. The second-order valence-electron chi connectivity index (χ2n) is 11.2. The van der Waals surface area contributed by atoms with Crippen molar-refractivity contribution in [2.75, 3.05) is 26.9 Å². The van der Waals surface area contributed by atoms with Crippen LogP contribution in [0.1, 0.15) is 37.4 Å². The van der Waals surface area contributed by atoms with E-state index in [0.717, 1.165) is 42.7 Å². The third-order valence-electron chi connectivity index (χ3n) is 8.06. The Labute approximate surface area is 281 Å². The van der Waals surface area contributed by atoms with E-state index in [9.17, 15) is 0 Å². The van der Waals surface area contributed by atoms with Gasteiger partial charge in [0.1, 0.15) is 0 Å². The number of ether oxygens (including phenoxy) is 1. The van der Waals surface area contributed by atoms with Crippen LogP contribution in [-0.2, 0) is 0 Å².